The van der Waals surface area contributed by atoms with Crippen LogP contribution in [0.4, 0.5) is 0 Å². The summed E-state index contributed by atoms with van der Waals surface area (Å²) in [7, 11) is 0. The number of ether oxygens (including phenoxy) is 2. The van der Waals surface area contributed by atoms with Crippen molar-refractivity contribution in [2.45, 2.75) is 39.3 Å². The fourth-order valence-electron chi connectivity index (χ4n) is 3.42. The molecule has 0 aliphatic rings. The molecule has 0 saturated heterocycles. The van der Waals surface area contributed by atoms with E-state index in [0.717, 1.165) is 11.1 Å². The zero-order chi connectivity index (χ0) is 22.9. The maximum absolute atomic E-state index is 12.7. The number of rotatable bonds is 11. The predicted molar refractivity (Wildman–Crippen MR) is 119 cm³/mol. The van der Waals surface area contributed by atoms with E-state index in [9.17, 15) is 14.7 Å². The SMILES string of the molecule is CCO[C@@H](Cc1ccc(OCCn2c(CC)nc(-c3ccccc3)cc2=O)cc1)C(=O)[O-]. The van der Waals surface area contributed by atoms with Crippen LogP contribution in [0.15, 0.2) is 65.5 Å². The molecule has 0 radical (unpaired) electrons. The third-order valence-electron chi connectivity index (χ3n) is 5.03. The highest BCUT2D eigenvalue weighted by Crippen LogP contribution is 2.16. The highest BCUT2D eigenvalue weighted by atomic mass is 16.5. The van der Waals surface area contributed by atoms with E-state index in [0.29, 0.717) is 43.4 Å². The van der Waals surface area contributed by atoms with Gasteiger partial charge < -0.3 is 19.4 Å². The van der Waals surface area contributed by atoms with Crippen molar-refractivity contribution in [1.29, 1.82) is 0 Å². The number of aromatic nitrogens is 2. The van der Waals surface area contributed by atoms with Gasteiger partial charge in [0.05, 0.1) is 18.2 Å². The van der Waals surface area contributed by atoms with Crippen LogP contribution >= 0.6 is 0 Å². The van der Waals surface area contributed by atoms with Gasteiger partial charge in [0, 0.05) is 31.1 Å². The maximum atomic E-state index is 12.7. The zero-order valence-electron chi connectivity index (χ0n) is 18.3. The molecular weight excluding hydrogens is 408 g/mol. The summed E-state index contributed by atoms with van der Waals surface area (Å²) in [6, 6.07) is 18.3. The van der Waals surface area contributed by atoms with Crippen molar-refractivity contribution in [2.75, 3.05) is 13.2 Å². The second-order valence-electron chi connectivity index (χ2n) is 7.23. The average molecular weight is 436 g/mol. The van der Waals surface area contributed by atoms with Crippen LogP contribution in [0.5, 0.6) is 5.75 Å². The van der Waals surface area contributed by atoms with Crippen molar-refractivity contribution >= 4 is 5.97 Å². The third-order valence-corrected chi connectivity index (χ3v) is 5.03. The van der Waals surface area contributed by atoms with Gasteiger partial charge in [0.25, 0.3) is 5.56 Å². The Morgan fingerprint density at radius 3 is 2.44 bits per heavy atom. The Hall–Kier alpha value is -3.45. The Morgan fingerprint density at radius 1 is 1.09 bits per heavy atom. The molecule has 0 fully saturated rings. The van der Waals surface area contributed by atoms with Gasteiger partial charge in [-0.25, -0.2) is 4.98 Å². The molecule has 0 aliphatic heterocycles. The van der Waals surface area contributed by atoms with E-state index in [4.69, 9.17) is 9.47 Å². The monoisotopic (exact) mass is 435 g/mol. The Labute approximate surface area is 187 Å². The van der Waals surface area contributed by atoms with Crippen LogP contribution in [0.3, 0.4) is 0 Å². The Balaban J connectivity index is 1.62. The fraction of sp³-hybridized carbons (Fsp3) is 0.320. The minimum atomic E-state index is -1.23. The molecule has 2 aromatic carbocycles. The highest BCUT2D eigenvalue weighted by molar-refractivity contribution is 5.70. The number of aliphatic carboxylic acids is 1. The average Bonchev–Trinajstić information content (AvgIpc) is 2.81. The number of carboxylic acid groups (broad SMARTS) is 1. The van der Waals surface area contributed by atoms with E-state index in [1.165, 1.54) is 0 Å². The van der Waals surface area contributed by atoms with E-state index in [-0.39, 0.29) is 12.0 Å². The molecule has 32 heavy (non-hydrogen) atoms. The third kappa shape index (κ3) is 6.04. The molecule has 1 heterocycles. The van der Waals surface area contributed by atoms with Crippen LogP contribution in [-0.4, -0.2) is 34.8 Å². The lowest BCUT2D eigenvalue weighted by molar-refractivity contribution is -0.316. The lowest BCUT2D eigenvalue weighted by atomic mass is 10.1. The van der Waals surface area contributed by atoms with Crippen molar-refractivity contribution in [3.8, 4) is 17.0 Å². The molecule has 0 saturated carbocycles. The number of carbonyl (C=O) groups is 1. The maximum Gasteiger partial charge on any atom is 0.254 e. The summed E-state index contributed by atoms with van der Waals surface area (Å²) in [5.41, 5.74) is 2.28. The van der Waals surface area contributed by atoms with E-state index in [1.807, 2.05) is 37.3 Å². The highest BCUT2D eigenvalue weighted by Gasteiger charge is 2.11. The van der Waals surface area contributed by atoms with E-state index < -0.39 is 12.1 Å². The van der Waals surface area contributed by atoms with Crippen molar-refractivity contribution < 1.29 is 19.4 Å². The van der Waals surface area contributed by atoms with Crippen molar-refractivity contribution in [3.63, 3.8) is 0 Å². The van der Waals surface area contributed by atoms with Crippen LogP contribution in [0.1, 0.15) is 25.2 Å². The molecule has 0 unspecified atom stereocenters. The van der Waals surface area contributed by atoms with Gasteiger partial charge in [-0.2, -0.15) is 0 Å². The number of hydrogen-bond acceptors (Lipinski definition) is 6. The van der Waals surface area contributed by atoms with Gasteiger partial charge in [-0.05, 0) is 24.6 Å². The normalized spacial score (nSPS) is 11.8. The van der Waals surface area contributed by atoms with Gasteiger partial charge >= 0.3 is 0 Å². The fourth-order valence-corrected chi connectivity index (χ4v) is 3.42. The first-order valence-electron chi connectivity index (χ1n) is 10.7. The second kappa shape index (κ2) is 11.2. The Morgan fingerprint density at radius 2 is 1.81 bits per heavy atom. The lowest BCUT2D eigenvalue weighted by Crippen LogP contribution is -2.39. The van der Waals surface area contributed by atoms with Crippen molar-refractivity contribution in [1.82, 2.24) is 9.55 Å². The molecule has 0 bridgehead atoms. The van der Waals surface area contributed by atoms with Crippen LogP contribution in [-0.2, 0) is 28.9 Å². The molecule has 0 aliphatic carbocycles. The number of carbonyl (C=O) groups excluding carboxylic acids is 1. The molecule has 0 spiro atoms. The predicted octanol–water partition coefficient (Wildman–Crippen LogP) is 2.25. The van der Waals surface area contributed by atoms with Crippen LogP contribution in [0.2, 0.25) is 0 Å². The summed E-state index contributed by atoms with van der Waals surface area (Å²) in [5.74, 6) is 0.117. The molecule has 1 atom stereocenters. The summed E-state index contributed by atoms with van der Waals surface area (Å²) < 4.78 is 12.6. The number of benzene rings is 2. The van der Waals surface area contributed by atoms with Crippen LogP contribution < -0.4 is 15.4 Å². The minimum Gasteiger partial charge on any atom is -0.547 e. The number of aryl methyl sites for hydroxylation is 1. The van der Waals surface area contributed by atoms with Gasteiger partial charge in [0.15, 0.2) is 0 Å². The lowest BCUT2D eigenvalue weighted by Gasteiger charge is -2.18. The van der Waals surface area contributed by atoms with E-state index in [1.54, 1.807) is 41.8 Å². The minimum absolute atomic E-state index is 0.112. The summed E-state index contributed by atoms with van der Waals surface area (Å²) in [6.45, 7) is 4.70. The van der Waals surface area contributed by atoms with Gasteiger partial charge in [0.1, 0.15) is 24.3 Å². The van der Waals surface area contributed by atoms with E-state index in [2.05, 4.69) is 4.98 Å². The smallest absolute Gasteiger partial charge is 0.254 e. The molecule has 1 aromatic heterocycles. The van der Waals surface area contributed by atoms with Gasteiger partial charge in [-0.15, -0.1) is 0 Å². The molecule has 0 N–H and O–H groups in total. The number of carboxylic acids is 1. The second-order valence-corrected chi connectivity index (χ2v) is 7.23. The van der Waals surface area contributed by atoms with Gasteiger partial charge in [-0.3, -0.25) is 9.36 Å². The number of hydrogen-bond donors (Lipinski definition) is 0. The number of nitrogens with zero attached hydrogens (tertiary/aromatic N) is 2. The summed E-state index contributed by atoms with van der Waals surface area (Å²) >= 11 is 0. The first-order chi connectivity index (χ1) is 15.5. The molecule has 0 amide bonds. The molecule has 7 heteroatoms. The Kier molecular flexibility index (Phi) is 8.16. The van der Waals surface area contributed by atoms with Crippen molar-refractivity contribution in [2.24, 2.45) is 0 Å². The molecule has 3 rings (SSSR count). The van der Waals surface area contributed by atoms with Crippen molar-refractivity contribution in [3.05, 3.63) is 82.4 Å². The standard InChI is InChI=1S/C25H28N2O5/c1-3-23-26-21(19-8-6-5-7-9-19)17-24(28)27(23)14-15-32-20-12-10-18(11-13-20)16-22(25(29)30)31-4-2/h5-13,17,22H,3-4,14-16H2,1-2H3,(H,29,30)/p-1/t22-/m0/s1. The first-order valence-corrected chi connectivity index (χ1v) is 10.7. The summed E-state index contributed by atoms with van der Waals surface area (Å²) in [5, 5.41) is 11.1. The summed E-state index contributed by atoms with van der Waals surface area (Å²) in [4.78, 5) is 28.5. The quantitative estimate of drug-likeness (QED) is 0.459. The van der Waals surface area contributed by atoms with Gasteiger partial charge in [-0.1, -0.05) is 49.4 Å². The van der Waals surface area contributed by atoms with Crippen LogP contribution in [0.25, 0.3) is 11.3 Å². The van der Waals surface area contributed by atoms with Gasteiger partial charge in [0.2, 0.25) is 0 Å². The molecule has 3 aromatic rings. The first kappa shape index (κ1) is 23.2. The Bertz CT molecular complexity index is 1080. The molecule has 168 valence electrons. The summed E-state index contributed by atoms with van der Waals surface area (Å²) in [6.07, 6.45) is -0.118. The zero-order valence-corrected chi connectivity index (χ0v) is 18.3. The topological polar surface area (TPSA) is 93.5 Å². The molecule has 7 nitrogen and oxygen atoms in total. The van der Waals surface area contributed by atoms with E-state index >= 15 is 0 Å². The molecular formula is C25H27N2O5-. The van der Waals surface area contributed by atoms with Crippen LogP contribution in [0, 0.1) is 0 Å². The largest absolute Gasteiger partial charge is 0.547 e.